The molecule has 2 aromatic heterocycles. The van der Waals surface area contributed by atoms with Crippen LogP contribution in [0, 0.1) is 6.92 Å². The van der Waals surface area contributed by atoms with E-state index in [-0.39, 0.29) is 0 Å². The first-order valence-corrected chi connectivity index (χ1v) is 9.12. The molecule has 0 radical (unpaired) electrons. The van der Waals surface area contributed by atoms with Crippen LogP contribution in [0.2, 0.25) is 0 Å². The summed E-state index contributed by atoms with van der Waals surface area (Å²) in [5.41, 5.74) is 0.997. The molecule has 1 aliphatic rings. The fourth-order valence-corrected chi connectivity index (χ4v) is 2.94. The fraction of sp³-hybridized carbons (Fsp3) is 0.556. The van der Waals surface area contributed by atoms with Crippen LogP contribution in [0.5, 0.6) is 0 Å². The largest absolute Gasteiger partial charge is 0.370 e. The predicted molar refractivity (Wildman–Crippen MR) is 101 cm³/mol. The summed E-state index contributed by atoms with van der Waals surface area (Å²) in [4.78, 5) is 22.4. The van der Waals surface area contributed by atoms with Crippen molar-refractivity contribution in [3.8, 4) is 0 Å². The minimum absolute atomic E-state index is 0.797. The molecule has 134 valence electrons. The summed E-state index contributed by atoms with van der Waals surface area (Å²) in [6.45, 7) is 8.70. The van der Waals surface area contributed by atoms with Gasteiger partial charge in [-0.25, -0.2) is 15.0 Å². The van der Waals surface area contributed by atoms with Gasteiger partial charge in [-0.3, -0.25) is 0 Å². The summed E-state index contributed by atoms with van der Waals surface area (Å²) in [5, 5.41) is 3.43. The van der Waals surface area contributed by atoms with E-state index in [1.54, 1.807) is 12.4 Å². The van der Waals surface area contributed by atoms with Gasteiger partial charge in [0.25, 0.3) is 0 Å². The van der Waals surface area contributed by atoms with E-state index in [2.05, 4.69) is 37.0 Å². The van der Waals surface area contributed by atoms with E-state index in [9.17, 15) is 0 Å². The van der Waals surface area contributed by atoms with Crippen molar-refractivity contribution in [3.05, 3.63) is 30.2 Å². The molecule has 0 bridgehead atoms. The summed E-state index contributed by atoms with van der Waals surface area (Å²) in [7, 11) is 0. The van der Waals surface area contributed by atoms with Crippen molar-refractivity contribution in [1.29, 1.82) is 0 Å². The van der Waals surface area contributed by atoms with Crippen LogP contribution in [-0.2, 0) is 0 Å². The number of anilines is 3. The molecule has 7 heteroatoms. The van der Waals surface area contributed by atoms with Gasteiger partial charge in [0.15, 0.2) is 0 Å². The zero-order valence-corrected chi connectivity index (χ0v) is 15.1. The molecule has 0 saturated carbocycles. The van der Waals surface area contributed by atoms with Crippen molar-refractivity contribution in [1.82, 2.24) is 19.9 Å². The second kappa shape index (κ2) is 8.60. The van der Waals surface area contributed by atoms with Gasteiger partial charge < -0.3 is 15.1 Å². The highest BCUT2D eigenvalue weighted by atomic mass is 15.4. The molecule has 0 atom stereocenters. The third-order valence-electron chi connectivity index (χ3n) is 4.33. The van der Waals surface area contributed by atoms with Gasteiger partial charge in [-0.2, -0.15) is 4.98 Å². The van der Waals surface area contributed by atoms with Gasteiger partial charge in [0.05, 0.1) is 0 Å². The van der Waals surface area contributed by atoms with E-state index < -0.39 is 0 Å². The molecule has 0 aliphatic carbocycles. The fourth-order valence-electron chi connectivity index (χ4n) is 2.94. The lowest BCUT2D eigenvalue weighted by atomic mass is 10.2. The van der Waals surface area contributed by atoms with Gasteiger partial charge >= 0.3 is 0 Å². The van der Waals surface area contributed by atoms with Crippen molar-refractivity contribution < 1.29 is 0 Å². The standard InChI is InChI=1S/C18H27N7/c1-3-4-5-7-19-16-14-15(2)22-18(23-16)25-12-10-24(11-13-25)17-20-8-6-9-21-17/h6,8-9,14H,3-5,7,10-13H2,1-2H3,(H,19,22,23). The Morgan fingerprint density at radius 1 is 0.960 bits per heavy atom. The Morgan fingerprint density at radius 2 is 1.64 bits per heavy atom. The number of nitrogens with zero attached hydrogens (tertiary/aromatic N) is 6. The number of piperazine rings is 1. The molecule has 0 spiro atoms. The second-order valence-electron chi connectivity index (χ2n) is 6.35. The Morgan fingerprint density at radius 3 is 2.32 bits per heavy atom. The van der Waals surface area contributed by atoms with Gasteiger partial charge in [-0.15, -0.1) is 0 Å². The smallest absolute Gasteiger partial charge is 0.227 e. The summed E-state index contributed by atoms with van der Waals surface area (Å²) in [6.07, 6.45) is 7.22. The number of unbranched alkanes of at least 4 members (excludes halogenated alkanes) is 2. The van der Waals surface area contributed by atoms with Crippen LogP contribution in [0.15, 0.2) is 24.5 Å². The van der Waals surface area contributed by atoms with Gasteiger partial charge in [0.2, 0.25) is 11.9 Å². The van der Waals surface area contributed by atoms with Crippen molar-refractivity contribution in [2.45, 2.75) is 33.1 Å². The van der Waals surface area contributed by atoms with Crippen molar-refractivity contribution >= 4 is 17.7 Å². The molecule has 0 amide bonds. The van der Waals surface area contributed by atoms with Crippen LogP contribution in [0.4, 0.5) is 17.7 Å². The quantitative estimate of drug-likeness (QED) is 0.776. The maximum atomic E-state index is 4.71. The Kier molecular flexibility index (Phi) is 5.98. The number of aromatic nitrogens is 4. The Labute approximate surface area is 149 Å². The molecule has 7 nitrogen and oxygen atoms in total. The maximum absolute atomic E-state index is 4.71. The SMILES string of the molecule is CCCCCNc1cc(C)nc(N2CCN(c3ncccn3)CC2)n1. The van der Waals surface area contributed by atoms with E-state index in [1.807, 2.05) is 19.1 Å². The highest BCUT2D eigenvalue weighted by Crippen LogP contribution is 2.17. The van der Waals surface area contributed by atoms with E-state index >= 15 is 0 Å². The van der Waals surface area contributed by atoms with Crippen LogP contribution in [0.1, 0.15) is 31.9 Å². The van der Waals surface area contributed by atoms with E-state index in [1.165, 1.54) is 19.3 Å². The van der Waals surface area contributed by atoms with Crippen molar-refractivity contribution in [3.63, 3.8) is 0 Å². The molecule has 0 unspecified atom stereocenters. The number of hydrogen-bond donors (Lipinski definition) is 1. The van der Waals surface area contributed by atoms with Crippen LogP contribution >= 0.6 is 0 Å². The summed E-state index contributed by atoms with van der Waals surface area (Å²) in [6, 6.07) is 3.86. The molecule has 1 saturated heterocycles. The highest BCUT2D eigenvalue weighted by molar-refractivity contribution is 5.45. The third-order valence-corrected chi connectivity index (χ3v) is 4.33. The van der Waals surface area contributed by atoms with Crippen molar-refractivity contribution in [2.24, 2.45) is 0 Å². The van der Waals surface area contributed by atoms with Crippen LogP contribution in [-0.4, -0.2) is 52.7 Å². The van der Waals surface area contributed by atoms with Gasteiger partial charge in [-0.1, -0.05) is 19.8 Å². The van der Waals surface area contributed by atoms with Crippen LogP contribution in [0.3, 0.4) is 0 Å². The number of hydrogen-bond acceptors (Lipinski definition) is 7. The third kappa shape index (κ3) is 4.78. The summed E-state index contributed by atoms with van der Waals surface area (Å²) in [5.74, 6) is 2.53. The number of aryl methyl sites for hydroxylation is 1. The number of rotatable bonds is 7. The minimum atomic E-state index is 0.797. The average molecular weight is 341 g/mol. The first-order valence-electron chi connectivity index (χ1n) is 9.12. The van der Waals surface area contributed by atoms with Gasteiger partial charge in [0, 0.05) is 56.9 Å². The molecular weight excluding hydrogens is 314 g/mol. The first kappa shape index (κ1) is 17.4. The zero-order chi connectivity index (χ0) is 17.5. The molecule has 1 aliphatic heterocycles. The van der Waals surface area contributed by atoms with Crippen molar-refractivity contribution in [2.75, 3.05) is 47.8 Å². The molecule has 0 aromatic carbocycles. The summed E-state index contributed by atoms with van der Waals surface area (Å²) >= 11 is 0. The Hall–Kier alpha value is -2.44. The Bertz CT molecular complexity index is 654. The summed E-state index contributed by atoms with van der Waals surface area (Å²) < 4.78 is 0. The van der Waals surface area contributed by atoms with Gasteiger partial charge in [-0.05, 0) is 19.4 Å². The lowest BCUT2D eigenvalue weighted by molar-refractivity contribution is 0.627. The normalized spacial score (nSPS) is 14.6. The van der Waals surface area contributed by atoms with E-state index in [0.717, 1.165) is 56.1 Å². The van der Waals surface area contributed by atoms with E-state index in [4.69, 9.17) is 4.98 Å². The maximum Gasteiger partial charge on any atom is 0.227 e. The lowest BCUT2D eigenvalue weighted by Crippen LogP contribution is -2.47. The van der Waals surface area contributed by atoms with E-state index in [0.29, 0.717) is 0 Å². The molecule has 1 fully saturated rings. The lowest BCUT2D eigenvalue weighted by Gasteiger charge is -2.34. The molecule has 25 heavy (non-hydrogen) atoms. The van der Waals surface area contributed by atoms with Gasteiger partial charge in [0.1, 0.15) is 5.82 Å². The molecule has 3 heterocycles. The number of nitrogens with one attached hydrogen (secondary N) is 1. The molecule has 1 N–H and O–H groups in total. The molecular formula is C18H27N7. The topological polar surface area (TPSA) is 70.1 Å². The average Bonchev–Trinajstić information content (AvgIpc) is 2.66. The molecule has 2 aromatic rings. The highest BCUT2D eigenvalue weighted by Gasteiger charge is 2.21. The Balaban J connectivity index is 1.60. The monoisotopic (exact) mass is 341 g/mol. The minimum Gasteiger partial charge on any atom is -0.370 e. The second-order valence-corrected chi connectivity index (χ2v) is 6.35. The van der Waals surface area contributed by atoms with Crippen LogP contribution in [0.25, 0.3) is 0 Å². The molecule has 3 rings (SSSR count). The predicted octanol–water partition coefficient (Wildman–Crippen LogP) is 2.50. The zero-order valence-electron chi connectivity index (χ0n) is 15.1. The first-order chi connectivity index (χ1) is 12.3. The van der Waals surface area contributed by atoms with Crippen LogP contribution < -0.4 is 15.1 Å².